The summed E-state index contributed by atoms with van der Waals surface area (Å²) in [6.07, 6.45) is 0. The number of nitro benzene ring substituents is 1. The highest BCUT2D eigenvalue weighted by atomic mass is 35.5. The number of rotatable bonds is 3. The first-order valence-electron chi connectivity index (χ1n) is 8.60. The van der Waals surface area contributed by atoms with E-state index in [1.807, 2.05) is 4.90 Å². The number of anilines is 1. The summed E-state index contributed by atoms with van der Waals surface area (Å²) in [5.41, 5.74) is 0.442. The van der Waals surface area contributed by atoms with Gasteiger partial charge in [0.2, 0.25) is 0 Å². The Balaban J connectivity index is 1.50. The quantitative estimate of drug-likeness (QED) is 0.461. The molecule has 0 atom stereocenters. The van der Waals surface area contributed by atoms with E-state index in [4.69, 9.17) is 11.6 Å². The molecule has 1 aliphatic rings. The summed E-state index contributed by atoms with van der Waals surface area (Å²) >= 11 is 7.15. The molecule has 2 heterocycles. The average molecular weight is 420 g/mol. The minimum atomic E-state index is -0.454. The van der Waals surface area contributed by atoms with Gasteiger partial charge >= 0.3 is 0 Å². The van der Waals surface area contributed by atoms with E-state index in [0.29, 0.717) is 47.2 Å². The van der Waals surface area contributed by atoms with Gasteiger partial charge in [0.15, 0.2) is 0 Å². The van der Waals surface area contributed by atoms with Crippen LogP contribution in [0.25, 0.3) is 10.1 Å². The van der Waals surface area contributed by atoms with Gasteiger partial charge in [0, 0.05) is 47.4 Å². The Morgan fingerprint density at radius 1 is 1.14 bits per heavy atom. The van der Waals surface area contributed by atoms with Crippen molar-refractivity contribution in [3.8, 4) is 0 Å². The molecule has 1 aliphatic heterocycles. The molecule has 0 spiro atoms. The van der Waals surface area contributed by atoms with Crippen LogP contribution in [0.15, 0.2) is 42.5 Å². The fraction of sp³-hybridized carbons (Fsp3) is 0.211. The summed E-state index contributed by atoms with van der Waals surface area (Å²) in [7, 11) is 0. The Labute approximate surface area is 168 Å². The number of thiophene rings is 1. The second kappa shape index (κ2) is 7.37. The van der Waals surface area contributed by atoms with Crippen LogP contribution in [-0.4, -0.2) is 41.9 Å². The van der Waals surface area contributed by atoms with Crippen LogP contribution in [0.1, 0.15) is 9.67 Å². The van der Waals surface area contributed by atoms with Crippen LogP contribution in [0.2, 0.25) is 5.02 Å². The largest absolute Gasteiger partial charge is 0.362 e. The fourth-order valence-corrected chi connectivity index (χ4v) is 4.56. The molecule has 28 heavy (non-hydrogen) atoms. The van der Waals surface area contributed by atoms with E-state index in [2.05, 4.69) is 0 Å². The molecular weight excluding hydrogens is 405 g/mol. The normalized spacial score (nSPS) is 14.5. The second-order valence-electron chi connectivity index (χ2n) is 6.43. The highest BCUT2D eigenvalue weighted by Crippen LogP contribution is 2.32. The van der Waals surface area contributed by atoms with Crippen molar-refractivity contribution < 1.29 is 14.1 Å². The molecule has 3 aromatic rings. The number of nitro groups is 1. The fourth-order valence-electron chi connectivity index (χ4n) is 3.35. The van der Waals surface area contributed by atoms with E-state index in [1.165, 1.54) is 23.5 Å². The van der Waals surface area contributed by atoms with Crippen LogP contribution in [0.3, 0.4) is 0 Å². The van der Waals surface area contributed by atoms with Crippen molar-refractivity contribution in [1.29, 1.82) is 0 Å². The van der Waals surface area contributed by atoms with Gasteiger partial charge in [-0.1, -0.05) is 17.7 Å². The molecule has 0 bridgehead atoms. The minimum Gasteiger partial charge on any atom is -0.362 e. The van der Waals surface area contributed by atoms with E-state index < -0.39 is 4.92 Å². The van der Waals surface area contributed by atoms with Gasteiger partial charge in [-0.3, -0.25) is 14.9 Å². The first-order chi connectivity index (χ1) is 13.4. The summed E-state index contributed by atoms with van der Waals surface area (Å²) in [6.45, 7) is 1.78. The molecule has 4 rings (SSSR count). The third kappa shape index (κ3) is 3.41. The molecular formula is C19H15ClFN3O3S. The number of hydrogen-bond donors (Lipinski definition) is 0. The average Bonchev–Trinajstić information content (AvgIpc) is 3.13. The topological polar surface area (TPSA) is 66.7 Å². The molecule has 0 unspecified atom stereocenters. The smallest absolute Gasteiger partial charge is 0.294 e. The van der Waals surface area contributed by atoms with Gasteiger partial charge in [0.25, 0.3) is 11.6 Å². The van der Waals surface area contributed by atoms with E-state index in [-0.39, 0.29) is 17.4 Å². The first-order valence-corrected chi connectivity index (χ1v) is 9.80. The lowest BCUT2D eigenvalue weighted by Crippen LogP contribution is -2.48. The molecule has 0 aliphatic carbocycles. The van der Waals surface area contributed by atoms with Crippen LogP contribution in [0.5, 0.6) is 0 Å². The maximum atomic E-state index is 13.9. The van der Waals surface area contributed by atoms with Gasteiger partial charge in [-0.15, -0.1) is 11.3 Å². The van der Waals surface area contributed by atoms with Crippen molar-refractivity contribution in [2.75, 3.05) is 31.1 Å². The van der Waals surface area contributed by atoms with Gasteiger partial charge in [-0.05, 0) is 30.3 Å². The number of amides is 1. The monoisotopic (exact) mass is 419 g/mol. The zero-order chi connectivity index (χ0) is 19.8. The maximum absolute atomic E-state index is 13.9. The Bertz CT molecular complexity index is 1080. The Morgan fingerprint density at radius 3 is 2.57 bits per heavy atom. The maximum Gasteiger partial charge on any atom is 0.294 e. The summed E-state index contributed by atoms with van der Waals surface area (Å²) in [5, 5.41) is 12.1. The van der Waals surface area contributed by atoms with Crippen LogP contribution < -0.4 is 4.90 Å². The predicted octanol–water partition coefficient (Wildman–Crippen LogP) is 4.56. The molecule has 6 nitrogen and oxygen atoms in total. The van der Waals surface area contributed by atoms with Crippen molar-refractivity contribution in [2.45, 2.75) is 0 Å². The molecule has 0 saturated carbocycles. The third-order valence-electron chi connectivity index (χ3n) is 4.76. The highest BCUT2D eigenvalue weighted by Gasteiger charge is 2.27. The van der Waals surface area contributed by atoms with Crippen LogP contribution in [0, 0.1) is 15.9 Å². The molecule has 9 heteroatoms. The van der Waals surface area contributed by atoms with Gasteiger partial charge < -0.3 is 9.80 Å². The zero-order valence-corrected chi connectivity index (χ0v) is 16.2. The minimum absolute atomic E-state index is 0.0488. The second-order valence-corrected chi connectivity index (χ2v) is 7.95. The van der Waals surface area contributed by atoms with Crippen LogP contribution in [-0.2, 0) is 0 Å². The number of piperazine rings is 1. The van der Waals surface area contributed by atoms with Crippen LogP contribution in [0.4, 0.5) is 15.8 Å². The molecule has 0 N–H and O–H groups in total. The third-order valence-corrected chi connectivity index (χ3v) is 6.08. The molecule has 0 radical (unpaired) electrons. The number of carbonyl (C=O) groups excluding carboxylic acids is 1. The lowest BCUT2D eigenvalue weighted by Gasteiger charge is -2.35. The molecule has 1 aromatic heterocycles. The number of fused-ring (bicyclic) bond motifs is 1. The molecule has 2 aromatic carbocycles. The summed E-state index contributed by atoms with van der Waals surface area (Å²) in [6, 6.07) is 11.0. The van der Waals surface area contributed by atoms with Crippen molar-refractivity contribution in [3.05, 3.63) is 68.3 Å². The van der Waals surface area contributed by atoms with Crippen molar-refractivity contribution in [2.24, 2.45) is 0 Å². The first kappa shape index (κ1) is 18.6. The van der Waals surface area contributed by atoms with E-state index in [1.54, 1.807) is 35.2 Å². The number of halogens is 2. The molecule has 1 amide bonds. The molecule has 1 fully saturated rings. The van der Waals surface area contributed by atoms with E-state index >= 15 is 0 Å². The van der Waals surface area contributed by atoms with E-state index in [9.17, 15) is 19.3 Å². The Morgan fingerprint density at radius 2 is 1.89 bits per heavy atom. The van der Waals surface area contributed by atoms with Crippen LogP contribution >= 0.6 is 22.9 Å². The highest BCUT2D eigenvalue weighted by molar-refractivity contribution is 7.20. The lowest BCUT2D eigenvalue weighted by molar-refractivity contribution is -0.384. The SMILES string of the molecule is O=C(c1cc2c(F)cccc2s1)N1CCN(c2ccc(Cl)cc2[N+](=O)[O-])CC1. The van der Waals surface area contributed by atoms with Crippen molar-refractivity contribution in [1.82, 2.24) is 4.90 Å². The van der Waals surface area contributed by atoms with E-state index in [0.717, 1.165) is 4.70 Å². The van der Waals surface area contributed by atoms with Crippen molar-refractivity contribution in [3.63, 3.8) is 0 Å². The summed E-state index contributed by atoms with van der Waals surface area (Å²) in [5.74, 6) is -0.487. The predicted molar refractivity (Wildman–Crippen MR) is 108 cm³/mol. The molecule has 1 saturated heterocycles. The standard InChI is InChI=1S/C19H15ClFN3O3S/c20-12-4-5-15(16(10-12)24(26)27)22-6-8-23(9-7-22)19(25)18-11-13-14(21)2-1-3-17(13)28-18/h1-5,10-11H,6-9H2. The van der Waals surface area contributed by atoms with Gasteiger partial charge in [-0.2, -0.15) is 0 Å². The number of nitrogens with zero attached hydrogens (tertiary/aromatic N) is 3. The van der Waals surface area contributed by atoms with Gasteiger partial charge in [-0.25, -0.2) is 4.39 Å². The lowest BCUT2D eigenvalue weighted by atomic mass is 10.2. The van der Waals surface area contributed by atoms with Crippen molar-refractivity contribution >= 4 is 50.3 Å². The Hall–Kier alpha value is -2.71. The Kier molecular flexibility index (Phi) is 4.91. The summed E-state index contributed by atoms with van der Waals surface area (Å²) < 4.78 is 14.6. The van der Waals surface area contributed by atoms with Gasteiger partial charge in [0.05, 0.1) is 9.80 Å². The number of benzene rings is 2. The number of carbonyl (C=O) groups is 1. The number of hydrogen-bond acceptors (Lipinski definition) is 5. The summed E-state index contributed by atoms with van der Waals surface area (Å²) in [4.78, 5) is 27.7. The zero-order valence-electron chi connectivity index (χ0n) is 14.6. The molecule has 144 valence electrons. The van der Waals surface area contributed by atoms with Gasteiger partial charge in [0.1, 0.15) is 11.5 Å².